The maximum absolute atomic E-state index is 15.9. The van der Waals surface area contributed by atoms with E-state index in [1.54, 1.807) is 97.0 Å². The fourth-order valence-electron chi connectivity index (χ4n) is 12.4. The van der Waals surface area contributed by atoms with E-state index >= 15 is 9.59 Å². The zero-order chi connectivity index (χ0) is 56.3. The molecule has 12 atom stereocenters. The molecule has 0 spiro atoms. The van der Waals surface area contributed by atoms with E-state index in [1.165, 1.54) is 33.3 Å². The van der Waals surface area contributed by atoms with Crippen LogP contribution >= 0.6 is 0 Å². The monoisotopic (exact) mass is 1080 g/mol. The number of ether oxygens (including phenoxy) is 11. The fraction of sp³-hybridized carbons (Fsp3) is 0.655. The van der Waals surface area contributed by atoms with Crippen LogP contribution in [0.5, 0.6) is 0 Å². The molecule has 19 heteroatoms. The summed E-state index contributed by atoms with van der Waals surface area (Å²) in [5, 5.41) is 16.8. The molecule has 2 aromatic carbocycles. The van der Waals surface area contributed by atoms with Crippen molar-refractivity contribution in [1.29, 1.82) is 0 Å². The smallest absolute Gasteiger partial charge is 0.455 e. The Morgan fingerprint density at radius 1 is 0.896 bits per heavy atom. The molecule has 0 aromatic heterocycles. The van der Waals surface area contributed by atoms with Crippen LogP contribution in [-0.2, 0) is 66.5 Å². The van der Waals surface area contributed by atoms with Gasteiger partial charge in [-0.3, -0.25) is 9.59 Å². The number of hydrogen-bond acceptors (Lipinski definition) is 18. The predicted molar refractivity (Wildman–Crippen MR) is 276 cm³/mol. The lowest BCUT2D eigenvalue weighted by atomic mass is 9.44. The summed E-state index contributed by atoms with van der Waals surface area (Å²) < 4.78 is 67.6. The van der Waals surface area contributed by atoms with Crippen molar-refractivity contribution in [3.05, 3.63) is 82.9 Å². The summed E-state index contributed by atoms with van der Waals surface area (Å²) in [6.45, 7) is 16.6. The van der Waals surface area contributed by atoms with Crippen LogP contribution in [0.15, 0.2) is 71.8 Å². The summed E-state index contributed by atoms with van der Waals surface area (Å²) >= 11 is 0. The van der Waals surface area contributed by atoms with E-state index in [0.29, 0.717) is 24.0 Å². The molecular formula is C58H79NO18. The molecule has 424 valence electrons. The number of methoxy groups -OCH3 is 2. The van der Waals surface area contributed by atoms with Crippen LogP contribution < -0.4 is 5.32 Å². The molecule has 2 aromatic rings. The Balaban J connectivity index is 1.33. The lowest BCUT2D eigenvalue weighted by Crippen LogP contribution is -2.82. The number of Topliss-reactive ketones (excluding diaryl/α,β-unsaturated/α-hetero) is 1. The zero-order valence-electron chi connectivity index (χ0n) is 46.6. The first-order valence-electron chi connectivity index (χ1n) is 26.9. The van der Waals surface area contributed by atoms with Gasteiger partial charge in [0.05, 0.1) is 36.2 Å². The number of unbranched alkanes of at least 4 members (excludes halogenated alkanes) is 2. The molecule has 2 aliphatic heterocycles. The number of benzene rings is 2. The van der Waals surface area contributed by atoms with Gasteiger partial charge in [-0.15, -0.1) is 0 Å². The third kappa shape index (κ3) is 11.7. The lowest BCUT2D eigenvalue weighted by molar-refractivity contribution is -0.347. The number of amides is 1. The van der Waals surface area contributed by atoms with Crippen molar-refractivity contribution >= 4 is 35.9 Å². The van der Waals surface area contributed by atoms with Gasteiger partial charge in [0.15, 0.2) is 17.2 Å². The molecule has 0 unspecified atom stereocenters. The highest BCUT2D eigenvalue weighted by molar-refractivity contribution is 5.94. The molecule has 2 saturated heterocycles. The van der Waals surface area contributed by atoms with E-state index in [1.807, 2.05) is 0 Å². The minimum absolute atomic E-state index is 0.0856. The maximum atomic E-state index is 15.9. The molecule has 5 aliphatic rings. The topological polar surface area (TPSA) is 236 Å². The van der Waals surface area contributed by atoms with E-state index < -0.39 is 130 Å². The van der Waals surface area contributed by atoms with Crippen LogP contribution in [0, 0.1) is 16.7 Å². The zero-order valence-corrected chi connectivity index (χ0v) is 46.6. The fourth-order valence-corrected chi connectivity index (χ4v) is 12.4. The third-order valence-corrected chi connectivity index (χ3v) is 16.4. The predicted octanol–water partition coefficient (Wildman–Crippen LogP) is 8.22. The second-order valence-corrected chi connectivity index (χ2v) is 22.8. The molecule has 2 bridgehead atoms. The van der Waals surface area contributed by atoms with Gasteiger partial charge in [-0.1, -0.05) is 89.1 Å². The maximum Gasteiger partial charge on any atom is 0.509 e. The van der Waals surface area contributed by atoms with Crippen molar-refractivity contribution in [3.63, 3.8) is 0 Å². The first-order chi connectivity index (χ1) is 36.3. The van der Waals surface area contributed by atoms with Gasteiger partial charge in [0.1, 0.15) is 54.4 Å². The van der Waals surface area contributed by atoms with E-state index in [-0.39, 0.29) is 37.4 Å². The van der Waals surface area contributed by atoms with Gasteiger partial charge in [0.2, 0.25) is 6.10 Å². The van der Waals surface area contributed by atoms with Gasteiger partial charge in [-0.25, -0.2) is 19.2 Å². The molecule has 3 aliphatic carbocycles. The number of esters is 3. The Labute approximate surface area is 451 Å². The Morgan fingerprint density at radius 2 is 1.53 bits per heavy atom. The van der Waals surface area contributed by atoms with Crippen molar-refractivity contribution in [2.75, 3.05) is 34.0 Å². The largest absolute Gasteiger partial charge is 0.509 e. The van der Waals surface area contributed by atoms with Gasteiger partial charge in [-0.2, -0.15) is 0 Å². The van der Waals surface area contributed by atoms with Gasteiger partial charge in [0, 0.05) is 52.2 Å². The average molecular weight is 1080 g/mol. The molecule has 77 heavy (non-hydrogen) atoms. The summed E-state index contributed by atoms with van der Waals surface area (Å²) in [5.41, 5.74) is -7.34. The highest BCUT2D eigenvalue weighted by Gasteiger charge is 2.78. The highest BCUT2D eigenvalue weighted by atomic mass is 16.8. The van der Waals surface area contributed by atoms with Gasteiger partial charge in [-0.05, 0) is 76.3 Å². The molecule has 2 heterocycles. The van der Waals surface area contributed by atoms with Crippen LogP contribution in [0.4, 0.5) is 9.59 Å². The molecule has 7 rings (SSSR count). The van der Waals surface area contributed by atoms with Crippen molar-refractivity contribution in [3.8, 4) is 0 Å². The number of nitrogens with one attached hydrogen (secondary N) is 1. The quantitative estimate of drug-likeness (QED) is 0.0765. The molecule has 1 amide bonds. The minimum atomic E-state index is -2.32. The molecule has 4 fully saturated rings. The standard InChI is InChI=1S/C58H79NO18/c1-13-15-27-56(28-16-14-2)71-32-38(76-56)31-69-52(65)73-45(43(36-23-19-17-20-24-36)59-51(64)77-53(5,6)7)50(63)72-39-30-58(66)48(74-49(62)37-25-21-18-22-26-37)46-55(10,47(61)44(68-12)42(34(39)3)54(58,8)9)40(67-11)29-41-57(46,33-70-41)75-35(4)60/h17-26,38-41,43-46,48,66H,13-16,27-33H2,1-12H3,(H,59,64)/t38-,39+,40+,41-,43+,44-,45-,46+,48+,55-,57+,58-/m1/s1. The summed E-state index contributed by atoms with van der Waals surface area (Å²) in [4.78, 5) is 87.0. The van der Waals surface area contributed by atoms with E-state index in [0.717, 1.165) is 25.7 Å². The average Bonchev–Trinajstić information content (AvgIpc) is 3.85. The molecule has 2 N–H and O–H groups in total. The van der Waals surface area contributed by atoms with Crippen molar-refractivity contribution in [1.82, 2.24) is 5.32 Å². The summed E-state index contributed by atoms with van der Waals surface area (Å²) in [5.74, 6) is -5.56. The Bertz CT molecular complexity index is 2480. The lowest BCUT2D eigenvalue weighted by Gasteiger charge is -2.67. The van der Waals surface area contributed by atoms with Gasteiger partial charge in [0.25, 0.3) is 0 Å². The summed E-state index contributed by atoms with van der Waals surface area (Å²) in [6.07, 6.45) is -6.96. The Hall–Kier alpha value is -5.44. The first-order valence-corrected chi connectivity index (χ1v) is 26.9. The minimum Gasteiger partial charge on any atom is -0.455 e. The third-order valence-electron chi connectivity index (χ3n) is 16.4. The van der Waals surface area contributed by atoms with Crippen molar-refractivity contribution in [2.24, 2.45) is 16.7 Å². The van der Waals surface area contributed by atoms with Crippen LogP contribution in [0.1, 0.15) is 143 Å². The van der Waals surface area contributed by atoms with Crippen molar-refractivity contribution in [2.45, 2.75) is 192 Å². The van der Waals surface area contributed by atoms with Gasteiger partial charge >= 0.3 is 30.2 Å². The highest BCUT2D eigenvalue weighted by Crippen LogP contribution is 2.65. The second-order valence-electron chi connectivity index (χ2n) is 22.8. The number of ketones is 1. The number of rotatable bonds is 19. The normalized spacial score (nSPS) is 30.9. The molecular weight excluding hydrogens is 999 g/mol. The summed E-state index contributed by atoms with van der Waals surface area (Å²) in [7, 11) is 2.77. The SMILES string of the molecule is CCCCC1(CCCC)OC[C@@H](COC(=O)O[C@@H](C(=O)O[C@H]2C[C@@]3(O)[C@@H](OC(=O)c4ccccc4)[C@@H]4[C@]5(OC(C)=O)CO[C@@H]5C[C@H](OC)[C@@]4(C)C(=O)[C@H](OC)C(=C2C)C3(C)C)[C@@H](NC(=O)OC(C)(C)C)c2ccccc2)O1. The van der Waals surface area contributed by atoms with Gasteiger partial charge < -0.3 is 62.5 Å². The number of carbonyl (C=O) groups is 6. The number of aliphatic hydroxyl groups is 1. The Morgan fingerprint density at radius 3 is 2.09 bits per heavy atom. The molecule has 0 radical (unpaired) electrons. The van der Waals surface area contributed by atoms with E-state index in [9.17, 15) is 24.3 Å². The number of carbonyl (C=O) groups excluding carboxylic acids is 6. The molecule has 2 saturated carbocycles. The van der Waals surface area contributed by atoms with Crippen LogP contribution in [-0.4, -0.2) is 140 Å². The Kier molecular flexibility index (Phi) is 18.1. The van der Waals surface area contributed by atoms with Crippen LogP contribution in [0.25, 0.3) is 0 Å². The molecule has 19 nitrogen and oxygen atoms in total. The van der Waals surface area contributed by atoms with E-state index in [4.69, 9.17) is 52.1 Å². The van der Waals surface area contributed by atoms with Crippen LogP contribution in [0.2, 0.25) is 0 Å². The van der Waals surface area contributed by atoms with Crippen molar-refractivity contribution < 1.29 is 86.0 Å². The number of alkyl carbamates (subject to hydrolysis) is 1. The summed E-state index contributed by atoms with van der Waals surface area (Å²) in [6, 6.07) is 14.8. The van der Waals surface area contributed by atoms with E-state index in [2.05, 4.69) is 19.2 Å². The second kappa shape index (κ2) is 23.5. The number of fused-ring (bicyclic) bond motifs is 5. The first kappa shape index (κ1) is 59.2. The number of hydrogen-bond donors (Lipinski definition) is 2. The van der Waals surface area contributed by atoms with Crippen LogP contribution in [0.3, 0.4) is 0 Å².